The number of hydrogen-bond acceptors (Lipinski definition) is 4. The molecule has 0 aliphatic rings. The van der Waals surface area contributed by atoms with Gasteiger partial charge in [0.05, 0.1) is 28.1 Å². The van der Waals surface area contributed by atoms with Crippen LogP contribution >= 0.6 is 39.1 Å². The van der Waals surface area contributed by atoms with Crippen molar-refractivity contribution < 1.29 is 9.53 Å². The van der Waals surface area contributed by atoms with Crippen LogP contribution in [0, 0.1) is 13.8 Å². The van der Waals surface area contributed by atoms with Gasteiger partial charge in [-0.1, -0.05) is 35.3 Å². The Morgan fingerprint density at radius 3 is 2.52 bits per heavy atom. The highest BCUT2D eigenvalue weighted by Gasteiger charge is 2.17. The number of ether oxygens (including phenoxy) is 1. The summed E-state index contributed by atoms with van der Waals surface area (Å²) in [5.41, 5.74) is 3.59. The van der Waals surface area contributed by atoms with Gasteiger partial charge < -0.3 is 10.1 Å². The summed E-state index contributed by atoms with van der Waals surface area (Å²) in [5, 5.41) is 13.1. The van der Waals surface area contributed by atoms with Gasteiger partial charge in [0.25, 0.3) is 5.91 Å². The molecule has 0 unspecified atom stereocenters. The minimum Gasteiger partial charge on any atom is -0.470 e. The third-order valence-corrected chi connectivity index (χ3v) is 6.09. The van der Waals surface area contributed by atoms with Crippen LogP contribution < -0.4 is 10.1 Å². The first-order valence-electron chi connectivity index (χ1n) is 10.0. The molecule has 0 atom stereocenters. The fraction of sp³-hybridized carbons (Fsp3) is 0.174. The van der Waals surface area contributed by atoms with Crippen molar-refractivity contribution in [2.24, 2.45) is 0 Å². The molecule has 4 aromatic rings. The van der Waals surface area contributed by atoms with Gasteiger partial charge in [0.15, 0.2) is 12.4 Å². The molecule has 2 heterocycles. The van der Waals surface area contributed by atoms with Crippen LogP contribution in [0.15, 0.2) is 59.2 Å². The summed E-state index contributed by atoms with van der Waals surface area (Å²) < 4.78 is 9.87. The molecule has 10 heteroatoms. The smallest absolute Gasteiger partial charge is 0.276 e. The molecule has 0 aliphatic heterocycles. The lowest BCUT2D eigenvalue weighted by atomic mass is 10.2. The van der Waals surface area contributed by atoms with Gasteiger partial charge in [0, 0.05) is 16.2 Å². The maximum atomic E-state index is 12.8. The lowest BCUT2D eigenvalue weighted by Gasteiger charge is -2.08. The lowest BCUT2D eigenvalue weighted by Crippen LogP contribution is -2.15. The first-order chi connectivity index (χ1) is 15.8. The summed E-state index contributed by atoms with van der Waals surface area (Å²) in [5.74, 6) is 0.305. The second kappa shape index (κ2) is 9.99. The van der Waals surface area contributed by atoms with E-state index in [0.717, 1.165) is 21.4 Å². The third-order valence-electron chi connectivity index (χ3n) is 4.99. The SMILES string of the molecule is Cc1nn(Cc2ccc(Cl)cc2)c(C)c1NC(=O)c1ccn(COc2ccc(Cl)cc2Br)n1. The van der Waals surface area contributed by atoms with E-state index in [0.29, 0.717) is 28.0 Å². The highest BCUT2D eigenvalue weighted by molar-refractivity contribution is 9.10. The first-order valence-corrected chi connectivity index (χ1v) is 11.6. The number of aryl methyl sites for hydroxylation is 1. The van der Waals surface area contributed by atoms with Crippen molar-refractivity contribution in [2.45, 2.75) is 27.1 Å². The van der Waals surface area contributed by atoms with Crippen molar-refractivity contribution in [1.82, 2.24) is 19.6 Å². The van der Waals surface area contributed by atoms with E-state index in [1.54, 1.807) is 35.1 Å². The largest absolute Gasteiger partial charge is 0.470 e. The average Bonchev–Trinajstić information content (AvgIpc) is 3.35. The third kappa shape index (κ3) is 5.58. The number of amides is 1. The summed E-state index contributed by atoms with van der Waals surface area (Å²) in [6.45, 7) is 4.50. The number of anilines is 1. The van der Waals surface area contributed by atoms with Crippen LogP contribution in [-0.4, -0.2) is 25.5 Å². The van der Waals surface area contributed by atoms with E-state index in [1.165, 1.54) is 0 Å². The maximum Gasteiger partial charge on any atom is 0.276 e. The quantitative estimate of drug-likeness (QED) is 0.302. The lowest BCUT2D eigenvalue weighted by molar-refractivity contribution is 0.102. The van der Waals surface area contributed by atoms with Crippen molar-refractivity contribution in [3.8, 4) is 5.75 Å². The number of aromatic nitrogens is 4. The minimum absolute atomic E-state index is 0.143. The highest BCUT2D eigenvalue weighted by Crippen LogP contribution is 2.28. The Kier molecular flexibility index (Phi) is 7.07. The Morgan fingerprint density at radius 1 is 1.06 bits per heavy atom. The Morgan fingerprint density at radius 2 is 1.79 bits per heavy atom. The first kappa shape index (κ1) is 23.4. The van der Waals surface area contributed by atoms with Crippen LogP contribution in [0.3, 0.4) is 0 Å². The van der Waals surface area contributed by atoms with E-state index in [2.05, 4.69) is 31.4 Å². The Balaban J connectivity index is 1.42. The summed E-state index contributed by atoms with van der Waals surface area (Å²) in [7, 11) is 0. The van der Waals surface area contributed by atoms with Gasteiger partial charge >= 0.3 is 0 Å². The molecule has 0 saturated carbocycles. The van der Waals surface area contributed by atoms with E-state index in [1.807, 2.05) is 42.8 Å². The second-order valence-corrected chi connectivity index (χ2v) is 9.10. The Hall–Kier alpha value is -2.81. The molecule has 0 radical (unpaired) electrons. The van der Waals surface area contributed by atoms with Gasteiger partial charge in [-0.15, -0.1) is 0 Å². The molecule has 0 aliphatic carbocycles. The maximum absolute atomic E-state index is 12.8. The summed E-state index contributed by atoms with van der Waals surface area (Å²) in [6, 6.07) is 14.5. The fourth-order valence-corrected chi connectivity index (χ4v) is 4.18. The molecule has 2 aromatic carbocycles. The molecule has 0 fully saturated rings. The number of halogens is 3. The molecular formula is C23H20BrCl2N5O2. The molecule has 2 aromatic heterocycles. The summed E-state index contributed by atoms with van der Waals surface area (Å²) in [4.78, 5) is 12.8. The zero-order valence-corrected chi connectivity index (χ0v) is 20.9. The van der Waals surface area contributed by atoms with E-state index >= 15 is 0 Å². The second-order valence-electron chi connectivity index (χ2n) is 7.37. The van der Waals surface area contributed by atoms with Crippen LogP contribution in [-0.2, 0) is 13.3 Å². The van der Waals surface area contributed by atoms with Crippen LogP contribution in [0.4, 0.5) is 5.69 Å². The number of rotatable bonds is 7. The minimum atomic E-state index is -0.321. The average molecular weight is 549 g/mol. The summed E-state index contributed by atoms with van der Waals surface area (Å²) >= 11 is 15.3. The van der Waals surface area contributed by atoms with Gasteiger partial charge in [-0.05, 0) is 71.7 Å². The fourth-order valence-electron chi connectivity index (χ4n) is 3.25. The number of nitrogens with one attached hydrogen (secondary N) is 1. The monoisotopic (exact) mass is 547 g/mol. The molecule has 1 amide bonds. The van der Waals surface area contributed by atoms with Crippen LogP contribution in [0.2, 0.25) is 10.0 Å². The number of carbonyl (C=O) groups excluding carboxylic acids is 1. The van der Waals surface area contributed by atoms with E-state index < -0.39 is 0 Å². The van der Waals surface area contributed by atoms with Gasteiger partial charge in [0.1, 0.15) is 5.75 Å². The van der Waals surface area contributed by atoms with Crippen molar-refractivity contribution in [3.05, 3.63) is 91.9 Å². The molecule has 0 bridgehead atoms. The van der Waals surface area contributed by atoms with Crippen LogP contribution in [0.5, 0.6) is 5.75 Å². The molecule has 0 saturated heterocycles. The van der Waals surface area contributed by atoms with Gasteiger partial charge in [0.2, 0.25) is 0 Å². The van der Waals surface area contributed by atoms with Crippen LogP contribution in [0.25, 0.3) is 0 Å². The van der Waals surface area contributed by atoms with Gasteiger partial charge in [-0.3, -0.25) is 9.48 Å². The van der Waals surface area contributed by atoms with Crippen molar-refractivity contribution in [3.63, 3.8) is 0 Å². The highest BCUT2D eigenvalue weighted by atomic mass is 79.9. The standard InChI is InChI=1S/C23H20BrCl2N5O2/c1-14-22(15(2)31(28-14)12-16-3-5-17(25)6-4-16)27-23(32)20-9-10-30(29-20)13-33-21-8-7-18(26)11-19(21)24/h3-11H,12-13H2,1-2H3,(H,27,32). The normalized spacial score (nSPS) is 10.9. The number of carbonyl (C=O) groups is 1. The van der Waals surface area contributed by atoms with Crippen molar-refractivity contribution >= 4 is 50.7 Å². The topological polar surface area (TPSA) is 74.0 Å². The Labute approximate surface area is 209 Å². The molecule has 7 nitrogen and oxygen atoms in total. The van der Waals surface area contributed by atoms with Crippen LogP contribution in [0.1, 0.15) is 27.4 Å². The number of benzene rings is 2. The summed E-state index contributed by atoms with van der Waals surface area (Å²) in [6.07, 6.45) is 1.68. The molecule has 33 heavy (non-hydrogen) atoms. The zero-order valence-electron chi connectivity index (χ0n) is 17.8. The molecular weight excluding hydrogens is 529 g/mol. The molecule has 4 rings (SSSR count). The molecule has 170 valence electrons. The van der Waals surface area contributed by atoms with E-state index in [9.17, 15) is 4.79 Å². The molecule has 0 spiro atoms. The predicted molar refractivity (Wildman–Crippen MR) is 132 cm³/mol. The van der Waals surface area contributed by atoms with Crippen molar-refractivity contribution in [1.29, 1.82) is 0 Å². The van der Waals surface area contributed by atoms with E-state index in [4.69, 9.17) is 27.9 Å². The van der Waals surface area contributed by atoms with Gasteiger partial charge in [-0.25, -0.2) is 4.68 Å². The van der Waals surface area contributed by atoms with E-state index in [-0.39, 0.29) is 18.3 Å². The van der Waals surface area contributed by atoms with Gasteiger partial charge in [-0.2, -0.15) is 10.2 Å². The molecule has 1 N–H and O–H groups in total. The number of hydrogen-bond donors (Lipinski definition) is 1. The predicted octanol–water partition coefficient (Wildman–Crippen LogP) is 6.10. The van der Waals surface area contributed by atoms with Crippen molar-refractivity contribution in [2.75, 3.05) is 5.32 Å². The number of nitrogens with zero attached hydrogens (tertiary/aromatic N) is 4. The Bertz CT molecular complexity index is 1300. The zero-order chi connectivity index (χ0) is 23.5.